The first kappa shape index (κ1) is 13.1. The third-order valence-electron chi connectivity index (χ3n) is 4.27. The number of nitrogens with one attached hydrogen (secondary N) is 1. The van der Waals surface area contributed by atoms with Gasteiger partial charge in [0.1, 0.15) is 0 Å². The lowest BCUT2D eigenvalue weighted by Crippen LogP contribution is -2.48. The predicted octanol–water partition coefficient (Wildman–Crippen LogP) is 2.79. The second-order valence-corrected chi connectivity index (χ2v) is 7.04. The summed E-state index contributed by atoms with van der Waals surface area (Å²) in [5, 5.41) is 4.30. The lowest BCUT2D eigenvalue weighted by molar-refractivity contribution is -0.123. The monoisotopic (exact) mass is 301 g/mol. The zero-order valence-electron chi connectivity index (χ0n) is 11.9. The molecule has 1 N–H and O–H groups in total. The normalized spacial score (nSPS) is 22.5. The Morgan fingerprint density at radius 3 is 2.95 bits per heavy atom. The highest BCUT2D eigenvalue weighted by Crippen LogP contribution is 2.31. The first-order valence-corrected chi connectivity index (χ1v) is 8.52. The molecule has 1 amide bonds. The Hall–Kier alpha value is -1.62. The van der Waals surface area contributed by atoms with Crippen molar-refractivity contribution < 1.29 is 4.79 Å². The van der Waals surface area contributed by atoms with E-state index in [4.69, 9.17) is 4.98 Å². The minimum absolute atomic E-state index is 0.256. The third-order valence-corrected chi connectivity index (χ3v) is 5.37. The second kappa shape index (κ2) is 5.30. The van der Waals surface area contributed by atoms with Gasteiger partial charge in [0.05, 0.1) is 10.2 Å². The number of piperidine rings is 1. The predicted molar refractivity (Wildman–Crippen MR) is 85.7 cm³/mol. The molecule has 1 aromatic heterocycles. The van der Waals surface area contributed by atoms with Crippen molar-refractivity contribution in [2.45, 2.75) is 31.7 Å². The molecule has 1 aliphatic heterocycles. The van der Waals surface area contributed by atoms with Crippen LogP contribution < -0.4 is 10.2 Å². The van der Waals surface area contributed by atoms with Crippen LogP contribution in [0.2, 0.25) is 0 Å². The Bertz CT molecular complexity index is 631. The quantitative estimate of drug-likeness (QED) is 0.948. The third kappa shape index (κ3) is 2.75. The van der Waals surface area contributed by atoms with Crippen LogP contribution >= 0.6 is 11.3 Å². The van der Waals surface area contributed by atoms with Gasteiger partial charge < -0.3 is 10.2 Å². The number of carbonyl (C=O) groups is 1. The molecule has 4 rings (SSSR count). The zero-order chi connectivity index (χ0) is 14.2. The SMILES string of the molecule is O=C(NC1CCCN(c2nc3ccccc3s2)C1)C1CC1. The van der Waals surface area contributed by atoms with E-state index < -0.39 is 0 Å². The molecule has 2 heterocycles. The molecule has 1 aromatic carbocycles. The average molecular weight is 301 g/mol. The van der Waals surface area contributed by atoms with Crippen molar-refractivity contribution in [3.05, 3.63) is 24.3 Å². The molecule has 1 saturated carbocycles. The molecule has 4 nitrogen and oxygen atoms in total. The van der Waals surface area contributed by atoms with Crippen molar-refractivity contribution in [1.82, 2.24) is 10.3 Å². The number of nitrogens with zero attached hydrogens (tertiary/aromatic N) is 2. The molecule has 0 spiro atoms. The highest BCUT2D eigenvalue weighted by molar-refractivity contribution is 7.22. The van der Waals surface area contributed by atoms with E-state index in [0.717, 1.165) is 49.4 Å². The topological polar surface area (TPSA) is 45.2 Å². The molecule has 2 aromatic rings. The number of para-hydroxylation sites is 1. The van der Waals surface area contributed by atoms with Gasteiger partial charge >= 0.3 is 0 Å². The number of thiazole rings is 1. The molecule has 21 heavy (non-hydrogen) atoms. The first-order valence-electron chi connectivity index (χ1n) is 7.70. The van der Waals surface area contributed by atoms with Gasteiger partial charge in [0.25, 0.3) is 0 Å². The number of anilines is 1. The van der Waals surface area contributed by atoms with Crippen LogP contribution in [0.5, 0.6) is 0 Å². The van der Waals surface area contributed by atoms with Crippen molar-refractivity contribution in [2.24, 2.45) is 5.92 Å². The van der Waals surface area contributed by atoms with Gasteiger partial charge in [0.15, 0.2) is 5.13 Å². The molecule has 1 aliphatic carbocycles. The Kier molecular flexibility index (Phi) is 3.30. The Morgan fingerprint density at radius 2 is 2.14 bits per heavy atom. The number of carbonyl (C=O) groups excluding carboxylic acids is 1. The molecular weight excluding hydrogens is 282 g/mol. The van der Waals surface area contributed by atoms with E-state index in [9.17, 15) is 4.79 Å². The lowest BCUT2D eigenvalue weighted by atomic mass is 10.1. The van der Waals surface area contributed by atoms with E-state index in [0.29, 0.717) is 5.92 Å². The minimum Gasteiger partial charge on any atom is -0.351 e. The zero-order valence-corrected chi connectivity index (χ0v) is 12.7. The summed E-state index contributed by atoms with van der Waals surface area (Å²) in [6, 6.07) is 8.54. The van der Waals surface area contributed by atoms with Crippen molar-refractivity contribution in [1.29, 1.82) is 0 Å². The molecule has 5 heteroatoms. The summed E-state index contributed by atoms with van der Waals surface area (Å²) < 4.78 is 1.23. The fraction of sp³-hybridized carbons (Fsp3) is 0.500. The van der Waals surface area contributed by atoms with E-state index in [1.807, 2.05) is 6.07 Å². The lowest BCUT2D eigenvalue weighted by Gasteiger charge is -2.33. The van der Waals surface area contributed by atoms with E-state index >= 15 is 0 Å². The summed E-state index contributed by atoms with van der Waals surface area (Å²) >= 11 is 1.75. The molecular formula is C16H19N3OS. The summed E-state index contributed by atoms with van der Waals surface area (Å²) in [5.74, 6) is 0.550. The Balaban J connectivity index is 1.47. The van der Waals surface area contributed by atoms with E-state index in [1.54, 1.807) is 11.3 Å². The minimum atomic E-state index is 0.256. The van der Waals surface area contributed by atoms with Gasteiger partial charge in [-0.15, -0.1) is 0 Å². The maximum Gasteiger partial charge on any atom is 0.223 e. The first-order chi connectivity index (χ1) is 10.3. The van der Waals surface area contributed by atoms with Crippen molar-refractivity contribution in [3.63, 3.8) is 0 Å². The average Bonchev–Trinajstić information content (AvgIpc) is 3.26. The van der Waals surface area contributed by atoms with Gasteiger partial charge in [-0.3, -0.25) is 4.79 Å². The summed E-state index contributed by atoms with van der Waals surface area (Å²) in [4.78, 5) is 19.0. The van der Waals surface area contributed by atoms with Gasteiger partial charge in [0, 0.05) is 25.0 Å². The molecule has 1 saturated heterocycles. The second-order valence-electron chi connectivity index (χ2n) is 6.03. The van der Waals surface area contributed by atoms with Crippen molar-refractivity contribution >= 4 is 32.6 Å². The molecule has 0 radical (unpaired) electrons. The van der Waals surface area contributed by atoms with Crippen molar-refractivity contribution in [3.8, 4) is 0 Å². The molecule has 2 fully saturated rings. The van der Waals surface area contributed by atoms with Crippen LogP contribution in [-0.4, -0.2) is 30.0 Å². The number of hydrogen-bond donors (Lipinski definition) is 1. The van der Waals surface area contributed by atoms with Crippen LogP contribution in [0, 0.1) is 5.92 Å². The maximum atomic E-state index is 11.9. The Morgan fingerprint density at radius 1 is 1.29 bits per heavy atom. The van der Waals surface area contributed by atoms with Crippen LogP contribution in [0.25, 0.3) is 10.2 Å². The number of benzene rings is 1. The van der Waals surface area contributed by atoms with Crippen molar-refractivity contribution in [2.75, 3.05) is 18.0 Å². The smallest absolute Gasteiger partial charge is 0.223 e. The maximum absolute atomic E-state index is 11.9. The largest absolute Gasteiger partial charge is 0.351 e. The van der Waals surface area contributed by atoms with Crippen LogP contribution in [0.15, 0.2) is 24.3 Å². The molecule has 1 unspecified atom stereocenters. The number of aromatic nitrogens is 1. The highest BCUT2D eigenvalue weighted by Gasteiger charge is 2.32. The van der Waals surface area contributed by atoms with E-state index in [2.05, 4.69) is 28.4 Å². The number of fused-ring (bicyclic) bond motifs is 1. The van der Waals surface area contributed by atoms with Gasteiger partial charge in [-0.2, -0.15) is 0 Å². The standard InChI is InChI=1S/C16H19N3OS/c20-15(11-7-8-11)17-12-4-3-9-19(10-12)16-18-13-5-1-2-6-14(13)21-16/h1-2,5-6,11-12H,3-4,7-10H2,(H,17,20). The van der Waals surface area contributed by atoms with E-state index in [-0.39, 0.29) is 11.9 Å². The number of hydrogen-bond acceptors (Lipinski definition) is 4. The van der Waals surface area contributed by atoms with Crippen LogP contribution in [-0.2, 0) is 4.79 Å². The Labute approximate surface area is 128 Å². The van der Waals surface area contributed by atoms with Gasteiger partial charge in [0.2, 0.25) is 5.91 Å². The summed E-state index contributed by atoms with van der Waals surface area (Å²) in [6.45, 7) is 1.92. The summed E-state index contributed by atoms with van der Waals surface area (Å²) in [6.07, 6.45) is 4.34. The molecule has 110 valence electrons. The van der Waals surface area contributed by atoms with Gasteiger partial charge in [-0.25, -0.2) is 4.98 Å². The fourth-order valence-electron chi connectivity index (χ4n) is 2.93. The van der Waals surface area contributed by atoms with Crippen LogP contribution in [0.1, 0.15) is 25.7 Å². The highest BCUT2D eigenvalue weighted by atomic mass is 32.1. The van der Waals surface area contributed by atoms with Gasteiger partial charge in [-0.05, 0) is 37.8 Å². The summed E-state index contributed by atoms with van der Waals surface area (Å²) in [7, 11) is 0. The number of rotatable bonds is 3. The molecule has 1 atom stereocenters. The van der Waals surface area contributed by atoms with E-state index in [1.165, 1.54) is 4.70 Å². The van der Waals surface area contributed by atoms with Crippen LogP contribution in [0.3, 0.4) is 0 Å². The summed E-state index contributed by atoms with van der Waals surface area (Å²) in [5.41, 5.74) is 1.07. The fourth-order valence-corrected chi connectivity index (χ4v) is 3.93. The van der Waals surface area contributed by atoms with Crippen LogP contribution in [0.4, 0.5) is 5.13 Å². The number of amides is 1. The molecule has 2 aliphatic rings. The van der Waals surface area contributed by atoms with Gasteiger partial charge in [-0.1, -0.05) is 23.5 Å². The molecule has 0 bridgehead atoms.